The quantitative estimate of drug-likeness (QED) is 0.409. The first-order valence-corrected chi connectivity index (χ1v) is 12.8. The lowest BCUT2D eigenvalue weighted by Crippen LogP contribution is -2.37. The van der Waals surface area contributed by atoms with Gasteiger partial charge in [-0.3, -0.25) is 9.69 Å². The molecule has 0 amide bonds. The second-order valence-corrected chi connectivity index (χ2v) is 11.1. The molecule has 0 unspecified atom stereocenters. The van der Waals surface area contributed by atoms with Crippen molar-refractivity contribution >= 4 is 33.0 Å². The van der Waals surface area contributed by atoms with Crippen LogP contribution in [0.4, 0.5) is 0 Å². The molecule has 0 bridgehead atoms. The summed E-state index contributed by atoms with van der Waals surface area (Å²) in [6.07, 6.45) is 7.20. The number of hydrogen-bond acceptors (Lipinski definition) is 5. The molecule has 0 atom stereocenters. The smallest absolute Gasteiger partial charge is 0.158 e. The molecule has 33 heavy (non-hydrogen) atoms. The lowest BCUT2D eigenvalue weighted by atomic mass is 9.90. The number of aryl methyl sites for hydroxylation is 2. The number of H-pyrrole nitrogens is 1. The number of nitrogens with one attached hydrogen (secondary N) is 1. The van der Waals surface area contributed by atoms with Crippen LogP contribution in [0.25, 0.3) is 27.1 Å². The highest BCUT2D eigenvalue weighted by Crippen LogP contribution is 2.43. The van der Waals surface area contributed by atoms with Crippen LogP contribution in [0.15, 0.2) is 18.6 Å². The molecular weight excluding hydrogens is 430 g/mol. The van der Waals surface area contributed by atoms with Gasteiger partial charge in [0.25, 0.3) is 0 Å². The fourth-order valence-corrected chi connectivity index (χ4v) is 6.77. The van der Waals surface area contributed by atoms with Crippen molar-refractivity contribution in [1.82, 2.24) is 24.5 Å². The molecule has 1 aliphatic rings. The minimum Gasteiger partial charge on any atom is -0.346 e. The predicted molar refractivity (Wildman–Crippen MR) is 135 cm³/mol. The third-order valence-corrected chi connectivity index (χ3v) is 8.31. The number of fused-ring (bicyclic) bond motifs is 2. The number of aromatic amines is 1. The number of likely N-dealkylation sites (tertiary alicyclic amines) is 1. The molecule has 1 saturated heterocycles. The zero-order valence-corrected chi connectivity index (χ0v) is 21.1. The van der Waals surface area contributed by atoms with Crippen LogP contribution < -0.4 is 0 Å². The van der Waals surface area contributed by atoms with E-state index in [0.717, 1.165) is 36.3 Å². The van der Waals surface area contributed by atoms with E-state index >= 15 is 0 Å². The third-order valence-electron chi connectivity index (χ3n) is 7.08. The summed E-state index contributed by atoms with van der Waals surface area (Å²) in [5.41, 5.74) is 7.25. The molecule has 0 spiro atoms. The molecule has 0 aliphatic carbocycles. The van der Waals surface area contributed by atoms with Crippen molar-refractivity contribution in [2.24, 2.45) is 5.92 Å². The van der Waals surface area contributed by atoms with Crippen molar-refractivity contribution in [3.05, 3.63) is 40.2 Å². The number of Topliss-reactive ketones (excluding diaryl/α,β-unsaturated/α-hetero) is 1. The van der Waals surface area contributed by atoms with Gasteiger partial charge in [0.15, 0.2) is 5.65 Å². The molecule has 1 N–H and O–H groups in total. The Bertz CT molecular complexity index is 1320. The van der Waals surface area contributed by atoms with Gasteiger partial charge in [0.2, 0.25) is 0 Å². The Morgan fingerprint density at radius 3 is 2.73 bits per heavy atom. The number of carbonyl (C=O) groups is 1. The molecule has 0 radical (unpaired) electrons. The van der Waals surface area contributed by atoms with E-state index in [1.807, 2.05) is 15.9 Å². The molecular formula is C26H33N5OS. The molecule has 1 aliphatic heterocycles. The molecule has 0 aromatic carbocycles. The van der Waals surface area contributed by atoms with E-state index in [-0.39, 0.29) is 5.78 Å². The van der Waals surface area contributed by atoms with Gasteiger partial charge in [0, 0.05) is 22.0 Å². The van der Waals surface area contributed by atoms with Crippen LogP contribution in [0.5, 0.6) is 0 Å². The largest absolute Gasteiger partial charge is 0.346 e. The Hall–Kier alpha value is -2.51. The van der Waals surface area contributed by atoms with E-state index in [9.17, 15) is 4.79 Å². The minimum absolute atomic E-state index is 0.270. The SMILES string of the molecule is CC(=O)CN1CCC(Cc2sc3[nH]c(-c4cc(C)c5ncnn5c4)c(C(C)C)c3c2C)CC1. The summed E-state index contributed by atoms with van der Waals surface area (Å²) < 4.78 is 1.88. The maximum absolute atomic E-state index is 11.4. The fourth-order valence-electron chi connectivity index (χ4n) is 5.43. The van der Waals surface area contributed by atoms with Gasteiger partial charge in [-0.2, -0.15) is 5.10 Å². The van der Waals surface area contributed by atoms with Crippen LogP contribution in [0, 0.1) is 19.8 Å². The third kappa shape index (κ3) is 4.13. The zero-order chi connectivity index (χ0) is 23.3. The molecule has 5 heterocycles. The number of thiophene rings is 1. The highest BCUT2D eigenvalue weighted by molar-refractivity contribution is 7.19. The van der Waals surface area contributed by atoms with E-state index in [2.05, 4.69) is 59.9 Å². The van der Waals surface area contributed by atoms with Crippen LogP contribution in [0.2, 0.25) is 0 Å². The van der Waals surface area contributed by atoms with Crippen LogP contribution in [-0.2, 0) is 11.2 Å². The van der Waals surface area contributed by atoms with Gasteiger partial charge in [-0.25, -0.2) is 9.50 Å². The Balaban J connectivity index is 1.46. The van der Waals surface area contributed by atoms with Crippen LogP contribution >= 0.6 is 11.3 Å². The maximum Gasteiger partial charge on any atom is 0.158 e. The number of piperidine rings is 1. The Labute approximate surface area is 199 Å². The number of carbonyl (C=O) groups excluding carboxylic acids is 1. The molecule has 174 valence electrons. The van der Waals surface area contributed by atoms with Crippen LogP contribution in [0.3, 0.4) is 0 Å². The summed E-state index contributed by atoms with van der Waals surface area (Å²) in [6, 6.07) is 2.22. The van der Waals surface area contributed by atoms with Gasteiger partial charge in [-0.15, -0.1) is 11.3 Å². The van der Waals surface area contributed by atoms with Gasteiger partial charge < -0.3 is 4.98 Å². The summed E-state index contributed by atoms with van der Waals surface area (Å²) >= 11 is 1.93. The minimum atomic E-state index is 0.270. The van der Waals surface area contributed by atoms with Crippen molar-refractivity contribution in [2.45, 2.75) is 59.8 Å². The molecule has 0 saturated carbocycles. The molecule has 7 heteroatoms. The second kappa shape index (κ2) is 8.69. The van der Waals surface area contributed by atoms with Gasteiger partial charge in [-0.05, 0) is 87.7 Å². The first-order valence-electron chi connectivity index (χ1n) is 12.0. The van der Waals surface area contributed by atoms with E-state index < -0.39 is 0 Å². The van der Waals surface area contributed by atoms with Crippen molar-refractivity contribution in [2.75, 3.05) is 19.6 Å². The fraction of sp³-hybridized carbons (Fsp3) is 0.500. The van der Waals surface area contributed by atoms with E-state index in [4.69, 9.17) is 0 Å². The van der Waals surface area contributed by atoms with E-state index in [0.29, 0.717) is 18.4 Å². The summed E-state index contributed by atoms with van der Waals surface area (Å²) in [7, 11) is 0. The van der Waals surface area contributed by atoms with Crippen molar-refractivity contribution < 1.29 is 4.79 Å². The monoisotopic (exact) mass is 463 g/mol. The Morgan fingerprint density at radius 1 is 1.27 bits per heavy atom. The van der Waals surface area contributed by atoms with Gasteiger partial charge in [0.05, 0.1) is 12.2 Å². The lowest BCUT2D eigenvalue weighted by molar-refractivity contribution is -0.118. The average Bonchev–Trinajstić information content (AvgIpc) is 3.45. The molecule has 6 nitrogen and oxygen atoms in total. The normalized spacial score (nSPS) is 15.9. The Kier molecular flexibility index (Phi) is 5.87. The number of pyridine rings is 1. The van der Waals surface area contributed by atoms with Crippen LogP contribution in [0.1, 0.15) is 61.1 Å². The number of nitrogens with zero attached hydrogens (tertiary/aromatic N) is 4. The topological polar surface area (TPSA) is 66.3 Å². The standard InChI is InChI=1S/C26H33N5OS/c1-15(2)22-23-18(5)21(11-19-6-8-30(9-7-19)12-17(4)32)33-26(23)29-24(22)20-10-16(3)25-27-14-28-31(25)13-20/h10,13-15,19,29H,6-9,11-12H2,1-5H3. The summed E-state index contributed by atoms with van der Waals surface area (Å²) in [5, 5.41) is 5.78. The highest BCUT2D eigenvalue weighted by atomic mass is 32.1. The maximum atomic E-state index is 11.4. The first-order chi connectivity index (χ1) is 15.8. The first kappa shape index (κ1) is 22.3. The van der Waals surface area contributed by atoms with Crippen molar-refractivity contribution in [3.63, 3.8) is 0 Å². The molecule has 1 fully saturated rings. The van der Waals surface area contributed by atoms with E-state index in [1.54, 1.807) is 13.3 Å². The lowest BCUT2D eigenvalue weighted by Gasteiger charge is -2.31. The Morgan fingerprint density at radius 2 is 2.03 bits per heavy atom. The van der Waals surface area contributed by atoms with Gasteiger partial charge >= 0.3 is 0 Å². The predicted octanol–water partition coefficient (Wildman–Crippen LogP) is 5.52. The highest BCUT2D eigenvalue weighted by Gasteiger charge is 2.25. The molecule has 4 aromatic rings. The average molecular weight is 464 g/mol. The molecule has 4 aromatic heterocycles. The second-order valence-electron chi connectivity index (χ2n) is 9.99. The van der Waals surface area contributed by atoms with Crippen molar-refractivity contribution in [3.8, 4) is 11.3 Å². The summed E-state index contributed by atoms with van der Waals surface area (Å²) in [4.78, 5) is 24.7. The van der Waals surface area contributed by atoms with E-state index in [1.165, 1.54) is 44.8 Å². The summed E-state index contributed by atoms with van der Waals surface area (Å²) in [6.45, 7) is 13.3. The number of hydrogen-bond donors (Lipinski definition) is 1. The number of ketones is 1. The zero-order valence-electron chi connectivity index (χ0n) is 20.2. The van der Waals surface area contributed by atoms with Crippen molar-refractivity contribution in [1.29, 1.82) is 0 Å². The van der Waals surface area contributed by atoms with Crippen LogP contribution in [-0.4, -0.2) is 49.9 Å². The number of rotatable bonds is 6. The van der Waals surface area contributed by atoms with Gasteiger partial charge in [-0.1, -0.05) is 13.8 Å². The summed E-state index contributed by atoms with van der Waals surface area (Å²) in [5.74, 6) is 1.39. The number of aromatic nitrogens is 4. The molecule has 5 rings (SSSR count). The van der Waals surface area contributed by atoms with Gasteiger partial charge in [0.1, 0.15) is 16.9 Å².